The molecule has 0 radical (unpaired) electrons. The number of nitrogens with zero attached hydrogens (tertiary/aromatic N) is 3. The predicted molar refractivity (Wildman–Crippen MR) is 146 cm³/mol. The van der Waals surface area contributed by atoms with E-state index in [9.17, 15) is 9.59 Å². The van der Waals surface area contributed by atoms with Crippen molar-refractivity contribution in [2.24, 2.45) is 0 Å². The van der Waals surface area contributed by atoms with Gasteiger partial charge in [0.05, 0.1) is 16.8 Å². The number of hydrogen-bond donors (Lipinski definition) is 0. The summed E-state index contributed by atoms with van der Waals surface area (Å²) in [5.41, 5.74) is 2.61. The lowest BCUT2D eigenvalue weighted by Crippen LogP contribution is -2.39. The van der Waals surface area contributed by atoms with Crippen molar-refractivity contribution in [2.45, 2.75) is 50.2 Å². The van der Waals surface area contributed by atoms with Gasteiger partial charge in [0.15, 0.2) is 5.16 Å². The molecule has 0 saturated heterocycles. The second-order valence-electron chi connectivity index (χ2n) is 9.04. The van der Waals surface area contributed by atoms with Crippen LogP contribution < -0.4 is 5.56 Å². The minimum absolute atomic E-state index is 0.0863. The second-order valence-corrected chi connectivity index (χ2v) is 11.2. The molecule has 5 nitrogen and oxygen atoms in total. The topological polar surface area (TPSA) is 55.2 Å². The van der Waals surface area contributed by atoms with Gasteiger partial charge in [0, 0.05) is 23.5 Å². The highest BCUT2D eigenvalue weighted by Gasteiger charge is 2.24. The number of carbonyl (C=O) groups is 1. The molecule has 2 aromatic heterocycles. The fraction of sp³-hybridized carbons (Fsp3) is 0.321. The van der Waals surface area contributed by atoms with E-state index in [0.717, 1.165) is 34.5 Å². The summed E-state index contributed by atoms with van der Waals surface area (Å²) in [6.45, 7) is 2.04. The Hall–Kier alpha value is -2.90. The molecule has 7 heteroatoms. The molecule has 1 aliphatic carbocycles. The Labute approximate surface area is 213 Å². The van der Waals surface area contributed by atoms with E-state index in [2.05, 4.69) is 0 Å². The SMILES string of the molecule is Cc1sc2nc(SCC(=O)N(C)C3CCCCC3)n(-c3ccccc3)c(=O)c2c1-c1ccccc1. The van der Waals surface area contributed by atoms with Crippen LogP contribution in [0.15, 0.2) is 70.6 Å². The van der Waals surface area contributed by atoms with Crippen molar-refractivity contribution in [1.82, 2.24) is 14.5 Å². The Kier molecular flexibility index (Phi) is 7.07. The first-order chi connectivity index (χ1) is 17.0. The quantitative estimate of drug-likeness (QED) is 0.229. The van der Waals surface area contributed by atoms with Crippen LogP contribution in [0.4, 0.5) is 0 Å². The molecular formula is C28H29N3O2S2. The van der Waals surface area contributed by atoms with E-state index in [1.165, 1.54) is 42.4 Å². The third-order valence-electron chi connectivity index (χ3n) is 6.79. The summed E-state index contributed by atoms with van der Waals surface area (Å²) in [5.74, 6) is 0.344. The van der Waals surface area contributed by atoms with Crippen molar-refractivity contribution in [1.29, 1.82) is 0 Å². The Morgan fingerprint density at radius 1 is 1.06 bits per heavy atom. The molecule has 180 valence electrons. The zero-order chi connectivity index (χ0) is 24.4. The van der Waals surface area contributed by atoms with Gasteiger partial charge < -0.3 is 4.90 Å². The van der Waals surface area contributed by atoms with Gasteiger partial charge in [0.25, 0.3) is 5.56 Å². The lowest BCUT2D eigenvalue weighted by atomic mass is 9.94. The van der Waals surface area contributed by atoms with Crippen molar-refractivity contribution >= 4 is 39.2 Å². The standard InChI is InChI=1S/C28H29N3O2S2/c1-19-24(20-12-6-3-7-13-20)25-26(35-19)29-28(31(27(25)33)22-16-10-5-11-17-22)34-18-23(32)30(2)21-14-8-4-9-15-21/h3,5-7,10-13,16-17,21H,4,8-9,14-15,18H2,1-2H3. The molecule has 0 spiro atoms. The van der Waals surface area contributed by atoms with E-state index in [4.69, 9.17) is 4.98 Å². The highest BCUT2D eigenvalue weighted by molar-refractivity contribution is 7.99. The minimum Gasteiger partial charge on any atom is -0.342 e. The van der Waals surface area contributed by atoms with E-state index < -0.39 is 0 Å². The van der Waals surface area contributed by atoms with Crippen LogP contribution in [0.25, 0.3) is 27.0 Å². The van der Waals surface area contributed by atoms with E-state index in [0.29, 0.717) is 21.4 Å². The molecule has 0 aliphatic heterocycles. The zero-order valence-electron chi connectivity index (χ0n) is 20.1. The fourth-order valence-electron chi connectivity index (χ4n) is 4.90. The van der Waals surface area contributed by atoms with E-state index in [1.807, 2.05) is 79.5 Å². The van der Waals surface area contributed by atoms with Gasteiger partial charge in [0.1, 0.15) is 4.83 Å². The molecule has 0 bridgehead atoms. The first kappa shape index (κ1) is 23.8. The summed E-state index contributed by atoms with van der Waals surface area (Å²) in [5, 5.41) is 1.19. The van der Waals surface area contributed by atoms with E-state index in [1.54, 1.807) is 4.57 Å². The molecular weight excluding hydrogens is 474 g/mol. The number of fused-ring (bicyclic) bond motifs is 1. The second kappa shape index (κ2) is 10.4. The summed E-state index contributed by atoms with van der Waals surface area (Å²) in [4.78, 5) is 35.7. The van der Waals surface area contributed by atoms with Gasteiger partial charge >= 0.3 is 0 Å². The van der Waals surface area contributed by atoms with Crippen LogP contribution in [0, 0.1) is 6.92 Å². The van der Waals surface area contributed by atoms with Crippen LogP contribution >= 0.6 is 23.1 Å². The zero-order valence-corrected chi connectivity index (χ0v) is 21.7. The van der Waals surface area contributed by atoms with Crippen molar-refractivity contribution < 1.29 is 4.79 Å². The lowest BCUT2D eigenvalue weighted by molar-refractivity contribution is -0.129. The maximum absolute atomic E-state index is 14.0. The normalized spacial score (nSPS) is 14.3. The maximum Gasteiger partial charge on any atom is 0.268 e. The highest BCUT2D eigenvalue weighted by Crippen LogP contribution is 2.37. The number of rotatable bonds is 6. The van der Waals surface area contributed by atoms with Gasteiger partial charge in [-0.15, -0.1) is 11.3 Å². The van der Waals surface area contributed by atoms with Gasteiger partial charge in [-0.25, -0.2) is 4.98 Å². The molecule has 1 saturated carbocycles. The van der Waals surface area contributed by atoms with Crippen molar-refractivity contribution in [3.63, 3.8) is 0 Å². The molecule has 1 fully saturated rings. The smallest absolute Gasteiger partial charge is 0.268 e. The molecule has 0 atom stereocenters. The molecule has 2 heterocycles. The number of benzene rings is 2. The third kappa shape index (κ3) is 4.80. The van der Waals surface area contributed by atoms with E-state index in [-0.39, 0.29) is 17.2 Å². The molecule has 2 aromatic carbocycles. The van der Waals surface area contributed by atoms with Crippen molar-refractivity contribution in [2.75, 3.05) is 12.8 Å². The van der Waals surface area contributed by atoms with Crippen LogP contribution in [-0.4, -0.2) is 39.2 Å². The van der Waals surface area contributed by atoms with Crippen molar-refractivity contribution in [3.8, 4) is 16.8 Å². The predicted octanol–water partition coefficient (Wildman–Crippen LogP) is 6.31. The number of aromatic nitrogens is 2. The summed E-state index contributed by atoms with van der Waals surface area (Å²) in [6, 6.07) is 19.9. The number of para-hydroxylation sites is 1. The monoisotopic (exact) mass is 503 g/mol. The van der Waals surface area contributed by atoms with Gasteiger partial charge in [-0.1, -0.05) is 79.6 Å². The summed E-state index contributed by atoms with van der Waals surface area (Å²) >= 11 is 2.89. The Balaban J connectivity index is 1.56. The van der Waals surface area contributed by atoms with Gasteiger partial charge in [0.2, 0.25) is 5.91 Å². The number of aryl methyl sites for hydroxylation is 1. The van der Waals surface area contributed by atoms with Gasteiger partial charge in [-0.05, 0) is 37.5 Å². The third-order valence-corrected chi connectivity index (χ3v) is 8.71. The summed E-state index contributed by atoms with van der Waals surface area (Å²) < 4.78 is 1.67. The van der Waals surface area contributed by atoms with Gasteiger partial charge in [-0.2, -0.15) is 0 Å². The van der Waals surface area contributed by atoms with Crippen LogP contribution in [0.3, 0.4) is 0 Å². The number of thiophene rings is 1. The minimum atomic E-state index is -0.0972. The first-order valence-corrected chi connectivity index (χ1v) is 13.9. The van der Waals surface area contributed by atoms with Gasteiger partial charge in [-0.3, -0.25) is 14.2 Å². The maximum atomic E-state index is 14.0. The number of hydrogen-bond acceptors (Lipinski definition) is 5. The van der Waals surface area contributed by atoms with E-state index >= 15 is 0 Å². The Morgan fingerprint density at radius 2 is 1.71 bits per heavy atom. The van der Waals surface area contributed by atoms with Crippen LogP contribution in [0.5, 0.6) is 0 Å². The highest BCUT2D eigenvalue weighted by atomic mass is 32.2. The number of thioether (sulfide) groups is 1. The Bertz CT molecular complexity index is 1390. The molecule has 0 N–H and O–H groups in total. The Morgan fingerprint density at radius 3 is 2.40 bits per heavy atom. The average molecular weight is 504 g/mol. The number of amides is 1. The first-order valence-electron chi connectivity index (χ1n) is 12.1. The van der Waals surface area contributed by atoms with Crippen LogP contribution in [0.2, 0.25) is 0 Å². The molecule has 0 unspecified atom stereocenters. The lowest BCUT2D eigenvalue weighted by Gasteiger charge is -2.31. The molecule has 4 aromatic rings. The molecule has 1 aliphatic rings. The fourth-order valence-corrected chi connectivity index (χ4v) is 6.92. The molecule has 5 rings (SSSR count). The van der Waals surface area contributed by atoms with Crippen molar-refractivity contribution in [3.05, 3.63) is 75.9 Å². The summed E-state index contributed by atoms with van der Waals surface area (Å²) in [7, 11) is 1.91. The van der Waals surface area contributed by atoms with Crippen LogP contribution in [0.1, 0.15) is 37.0 Å². The summed E-state index contributed by atoms with van der Waals surface area (Å²) in [6.07, 6.45) is 5.77. The molecule has 35 heavy (non-hydrogen) atoms. The molecule has 1 amide bonds. The van der Waals surface area contributed by atoms with Crippen LogP contribution in [-0.2, 0) is 4.79 Å². The largest absolute Gasteiger partial charge is 0.342 e. The average Bonchev–Trinajstić information content (AvgIpc) is 3.24. The number of carbonyl (C=O) groups excluding carboxylic acids is 1.